The van der Waals surface area contributed by atoms with Crippen LogP contribution >= 0.6 is 0 Å². The van der Waals surface area contributed by atoms with Crippen molar-refractivity contribution < 1.29 is 14.7 Å². The number of amides is 2. The standard InChI is InChI=1S/C15H26N2O3/c1-14(2)9-5-11(6-10-14)17(3)13(20)16-15(12(18)19)7-4-8-15/h11H,4-10H2,1-3H3,(H,16,20)(H,18,19). The summed E-state index contributed by atoms with van der Waals surface area (Å²) in [6.07, 6.45) is 6.17. The summed E-state index contributed by atoms with van der Waals surface area (Å²) in [5.74, 6) is -0.907. The van der Waals surface area contributed by atoms with Gasteiger partial charge in [0.1, 0.15) is 5.54 Å². The van der Waals surface area contributed by atoms with Gasteiger partial charge in [-0.25, -0.2) is 9.59 Å². The van der Waals surface area contributed by atoms with Gasteiger partial charge in [-0.1, -0.05) is 13.8 Å². The van der Waals surface area contributed by atoms with Crippen LogP contribution in [-0.2, 0) is 4.79 Å². The molecule has 0 spiro atoms. The van der Waals surface area contributed by atoms with Gasteiger partial charge in [0.2, 0.25) is 0 Å². The third kappa shape index (κ3) is 2.91. The number of carbonyl (C=O) groups is 2. The molecule has 2 N–H and O–H groups in total. The molecule has 5 nitrogen and oxygen atoms in total. The lowest BCUT2D eigenvalue weighted by atomic mass is 9.75. The lowest BCUT2D eigenvalue weighted by Gasteiger charge is -2.42. The zero-order chi connectivity index (χ0) is 15.0. The Kier molecular flexibility index (Phi) is 3.98. The van der Waals surface area contributed by atoms with Crippen molar-refractivity contribution >= 4 is 12.0 Å². The average Bonchev–Trinajstić information content (AvgIpc) is 2.32. The molecule has 2 rings (SSSR count). The molecule has 0 atom stereocenters. The number of urea groups is 1. The van der Waals surface area contributed by atoms with Crippen molar-refractivity contribution in [1.82, 2.24) is 10.2 Å². The Hall–Kier alpha value is -1.26. The van der Waals surface area contributed by atoms with Crippen molar-refractivity contribution in [2.24, 2.45) is 5.41 Å². The van der Waals surface area contributed by atoms with Gasteiger partial charge in [-0.15, -0.1) is 0 Å². The van der Waals surface area contributed by atoms with Crippen molar-refractivity contribution in [1.29, 1.82) is 0 Å². The number of nitrogens with one attached hydrogen (secondary N) is 1. The van der Waals surface area contributed by atoms with E-state index in [-0.39, 0.29) is 12.1 Å². The van der Waals surface area contributed by atoms with Gasteiger partial charge in [0, 0.05) is 13.1 Å². The van der Waals surface area contributed by atoms with Gasteiger partial charge >= 0.3 is 12.0 Å². The summed E-state index contributed by atoms with van der Waals surface area (Å²) in [4.78, 5) is 25.3. The summed E-state index contributed by atoms with van der Waals surface area (Å²) in [6.45, 7) is 4.52. The molecule has 2 aliphatic rings. The average molecular weight is 282 g/mol. The van der Waals surface area contributed by atoms with Crippen LogP contribution in [0.4, 0.5) is 4.79 Å². The first-order chi connectivity index (χ1) is 9.26. The number of carbonyl (C=O) groups excluding carboxylic acids is 1. The fourth-order valence-electron chi connectivity index (χ4n) is 3.15. The second kappa shape index (κ2) is 5.26. The van der Waals surface area contributed by atoms with E-state index in [0.29, 0.717) is 18.3 Å². The Morgan fingerprint density at radius 2 is 1.70 bits per heavy atom. The minimum Gasteiger partial charge on any atom is -0.480 e. The summed E-state index contributed by atoms with van der Waals surface area (Å²) in [5, 5.41) is 12.0. The Bertz CT molecular complexity index is 392. The maximum Gasteiger partial charge on any atom is 0.329 e. The molecule has 2 aliphatic carbocycles. The van der Waals surface area contributed by atoms with Crippen LogP contribution < -0.4 is 5.32 Å². The van der Waals surface area contributed by atoms with E-state index in [4.69, 9.17) is 0 Å². The van der Waals surface area contributed by atoms with Crippen molar-refractivity contribution in [2.75, 3.05) is 7.05 Å². The maximum atomic E-state index is 12.3. The third-order valence-corrected chi connectivity index (χ3v) is 5.14. The van der Waals surface area contributed by atoms with E-state index < -0.39 is 11.5 Å². The lowest BCUT2D eigenvalue weighted by Crippen LogP contribution is -2.62. The summed E-state index contributed by atoms with van der Waals surface area (Å²) in [5.41, 5.74) is -0.649. The van der Waals surface area contributed by atoms with E-state index in [0.717, 1.165) is 32.1 Å². The molecular weight excluding hydrogens is 256 g/mol. The molecule has 20 heavy (non-hydrogen) atoms. The van der Waals surface area contributed by atoms with Gasteiger partial charge in [-0.3, -0.25) is 0 Å². The van der Waals surface area contributed by atoms with Crippen molar-refractivity contribution in [3.63, 3.8) is 0 Å². The van der Waals surface area contributed by atoms with Crippen LogP contribution in [0.3, 0.4) is 0 Å². The first-order valence-corrected chi connectivity index (χ1v) is 7.54. The third-order valence-electron chi connectivity index (χ3n) is 5.14. The Labute approximate surface area is 120 Å². The quantitative estimate of drug-likeness (QED) is 0.836. The van der Waals surface area contributed by atoms with Crippen LogP contribution in [0, 0.1) is 5.41 Å². The molecule has 0 radical (unpaired) electrons. The molecule has 0 aromatic carbocycles. The highest BCUT2D eigenvalue weighted by molar-refractivity contribution is 5.87. The molecule has 0 unspecified atom stereocenters. The lowest BCUT2D eigenvalue weighted by molar-refractivity contribution is -0.148. The van der Waals surface area contributed by atoms with Crippen LogP contribution in [0.15, 0.2) is 0 Å². The van der Waals surface area contributed by atoms with E-state index >= 15 is 0 Å². The molecule has 0 aliphatic heterocycles. The van der Waals surface area contributed by atoms with E-state index in [1.54, 1.807) is 11.9 Å². The minimum atomic E-state index is -1.01. The SMILES string of the molecule is CN(C(=O)NC1(C(=O)O)CCC1)C1CCC(C)(C)CC1. The van der Waals surface area contributed by atoms with Crippen molar-refractivity contribution in [3.05, 3.63) is 0 Å². The molecule has 5 heteroatoms. The first-order valence-electron chi connectivity index (χ1n) is 7.54. The molecule has 2 fully saturated rings. The van der Waals surface area contributed by atoms with Crippen LogP contribution in [0.5, 0.6) is 0 Å². The van der Waals surface area contributed by atoms with E-state index in [9.17, 15) is 14.7 Å². The van der Waals surface area contributed by atoms with E-state index in [1.165, 1.54) is 0 Å². The van der Waals surface area contributed by atoms with Crippen LogP contribution in [-0.4, -0.2) is 40.6 Å². The molecule has 0 heterocycles. The number of hydrogen-bond donors (Lipinski definition) is 2. The molecule has 0 aromatic rings. The fourth-order valence-corrected chi connectivity index (χ4v) is 3.15. The highest BCUT2D eigenvalue weighted by atomic mass is 16.4. The van der Waals surface area contributed by atoms with Crippen LogP contribution in [0.25, 0.3) is 0 Å². The molecule has 2 amide bonds. The summed E-state index contributed by atoms with van der Waals surface area (Å²) < 4.78 is 0. The second-order valence-corrected chi connectivity index (χ2v) is 7.18. The fraction of sp³-hybridized carbons (Fsp3) is 0.867. The number of hydrogen-bond acceptors (Lipinski definition) is 2. The van der Waals surface area contributed by atoms with Gasteiger partial charge in [-0.05, 0) is 50.4 Å². The molecule has 0 aromatic heterocycles. The van der Waals surface area contributed by atoms with Gasteiger partial charge in [-0.2, -0.15) is 0 Å². The second-order valence-electron chi connectivity index (χ2n) is 7.18. The molecule has 0 saturated heterocycles. The number of nitrogens with zero attached hydrogens (tertiary/aromatic N) is 1. The van der Waals surface area contributed by atoms with Crippen molar-refractivity contribution in [2.45, 2.75) is 70.4 Å². The van der Waals surface area contributed by atoms with Crippen LogP contribution in [0.2, 0.25) is 0 Å². The number of carboxylic acids is 1. The first kappa shape index (κ1) is 15.1. The Balaban J connectivity index is 1.91. The summed E-state index contributed by atoms with van der Waals surface area (Å²) in [7, 11) is 1.78. The van der Waals surface area contributed by atoms with E-state index in [1.807, 2.05) is 0 Å². The highest BCUT2D eigenvalue weighted by Gasteiger charge is 2.46. The topological polar surface area (TPSA) is 69.6 Å². The van der Waals surface area contributed by atoms with Gasteiger partial charge in [0.15, 0.2) is 0 Å². The predicted molar refractivity (Wildman–Crippen MR) is 76.5 cm³/mol. The summed E-state index contributed by atoms with van der Waals surface area (Å²) in [6, 6.07) is -0.00856. The van der Waals surface area contributed by atoms with E-state index in [2.05, 4.69) is 19.2 Å². The van der Waals surface area contributed by atoms with Gasteiger partial charge in [0.05, 0.1) is 0 Å². The molecule has 114 valence electrons. The zero-order valence-corrected chi connectivity index (χ0v) is 12.7. The monoisotopic (exact) mass is 282 g/mol. The maximum absolute atomic E-state index is 12.3. The smallest absolute Gasteiger partial charge is 0.329 e. The molecular formula is C15H26N2O3. The van der Waals surface area contributed by atoms with Crippen LogP contribution in [0.1, 0.15) is 58.8 Å². The number of carboxylic acid groups (broad SMARTS) is 1. The highest BCUT2D eigenvalue weighted by Crippen LogP contribution is 2.37. The Morgan fingerprint density at radius 1 is 1.15 bits per heavy atom. The zero-order valence-electron chi connectivity index (χ0n) is 12.7. The van der Waals surface area contributed by atoms with Crippen molar-refractivity contribution in [3.8, 4) is 0 Å². The van der Waals surface area contributed by atoms with Gasteiger partial charge in [0.25, 0.3) is 0 Å². The Morgan fingerprint density at radius 3 is 2.10 bits per heavy atom. The normalized spacial score (nSPS) is 24.6. The molecule has 2 saturated carbocycles. The minimum absolute atomic E-state index is 0.231. The van der Waals surface area contributed by atoms with Gasteiger partial charge < -0.3 is 15.3 Å². The predicted octanol–water partition coefficient (Wildman–Crippen LogP) is 2.60. The number of rotatable bonds is 3. The number of aliphatic carboxylic acids is 1. The largest absolute Gasteiger partial charge is 0.480 e. The molecule has 0 bridgehead atoms. The summed E-state index contributed by atoms with van der Waals surface area (Å²) >= 11 is 0.